The van der Waals surface area contributed by atoms with E-state index in [-0.39, 0.29) is 23.1 Å². The van der Waals surface area contributed by atoms with E-state index >= 15 is 0 Å². The van der Waals surface area contributed by atoms with Crippen LogP contribution in [0.4, 0.5) is 8.78 Å². The molecule has 4 aromatic rings. The van der Waals surface area contributed by atoms with Crippen molar-refractivity contribution in [1.82, 2.24) is 10.3 Å². The summed E-state index contributed by atoms with van der Waals surface area (Å²) < 4.78 is 34.3. The molecule has 0 radical (unpaired) electrons. The first-order chi connectivity index (χ1) is 16.3. The molecule has 0 spiro atoms. The molecule has 0 aliphatic rings. The van der Waals surface area contributed by atoms with E-state index in [0.717, 1.165) is 16.5 Å². The fourth-order valence-electron chi connectivity index (χ4n) is 3.58. The normalized spacial score (nSPS) is 12.2. The van der Waals surface area contributed by atoms with E-state index in [1.807, 2.05) is 43.3 Å². The Morgan fingerprint density at radius 2 is 1.79 bits per heavy atom. The van der Waals surface area contributed by atoms with Crippen LogP contribution in [0, 0.1) is 0 Å². The van der Waals surface area contributed by atoms with Crippen molar-refractivity contribution in [2.75, 3.05) is 0 Å². The largest absolute Gasteiger partial charge is 0.457 e. The van der Waals surface area contributed by atoms with Crippen molar-refractivity contribution in [1.29, 1.82) is 0 Å². The number of ether oxygens (including phenoxy) is 1. The number of rotatable bonds is 7. The number of fused-ring (bicyclic) bond motifs is 1. The Bertz CT molecular complexity index is 1340. The summed E-state index contributed by atoms with van der Waals surface area (Å²) in [6.07, 6.45) is 1.69. The van der Waals surface area contributed by atoms with E-state index in [9.17, 15) is 13.6 Å². The zero-order chi connectivity index (χ0) is 24.3. The minimum atomic E-state index is -3.09. The van der Waals surface area contributed by atoms with Crippen LogP contribution in [0.25, 0.3) is 10.8 Å². The van der Waals surface area contributed by atoms with Gasteiger partial charge in [-0.1, -0.05) is 24.8 Å². The number of hydrogen-bond donors (Lipinski definition) is 1. The van der Waals surface area contributed by atoms with Gasteiger partial charge in [0.05, 0.1) is 11.7 Å². The van der Waals surface area contributed by atoms with Crippen LogP contribution in [-0.4, -0.2) is 10.9 Å². The predicted molar refractivity (Wildman–Crippen MR) is 129 cm³/mol. The molecule has 1 heterocycles. The highest BCUT2D eigenvalue weighted by molar-refractivity contribution is 6.00. The molecule has 1 atom stereocenters. The van der Waals surface area contributed by atoms with Crippen molar-refractivity contribution in [3.63, 3.8) is 0 Å². The Labute approximate surface area is 196 Å². The molecule has 0 saturated heterocycles. The van der Waals surface area contributed by atoms with Crippen LogP contribution >= 0.6 is 0 Å². The Hall–Kier alpha value is -4.06. The number of benzene rings is 3. The standard InChI is InChI=1S/C28H24F2N2O2/c1-18(2)28(29,30)22-11-13-23(14-12-22)34-26-9-6-7-20-17-21(10-15-24(20)26)27(33)32-19(3)25-8-4-5-16-31-25/h4-17,19H,1H2,2-3H3,(H,32,33)/t19-/m1/s1. The quantitative estimate of drug-likeness (QED) is 0.298. The fourth-order valence-corrected chi connectivity index (χ4v) is 3.58. The zero-order valence-corrected chi connectivity index (χ0v) is 18.9. The number of pyridine rings is 1. The van der Waals surface area contributed by atoms with Crippen molar-refractivity contribution in [2.24, 2.45) is 0 Å². The van der Waals surface area contributed by atoms with Crippen LogP contribution in [0.5, 0.6) is 11.5 Å². The predicted octanol–water partition coefficient (Wildman–Crippen LogP) is 7.19. The molecule has 1 amide bonds. The van der Waals surface area contributed by atoms with Gasteiger partial charge in [0, 0.05) is 22.7 Å². The summed E-state index contributed by atoms with van der Waals surface area (Å²) in [5, 5.41) is 4.58. The number of amides is 1. The zero-order valence-electron chi connectivity index (χ0n) is 18.9. The van der Waals surface area contributed by atoms with Gasteiger partial charge < -0.3 is 10.1 Å². The van der Waals surface area contributed by atoms with Gasteiger partial charge in [-0.05, 0) is 85.5 Å². The first-order valence-electron chi connectivity index (χ1n) is 10.8. The van der Waals surface area contributed by atoms with Crippen molar-refractivity contribution in [2.45, 2.75) is 25.8 Å². The number of hydrogen-bond acceptors (Lipinski definition) is 3. The lowest BCUT2D eigenvalue weighted by Crippen LogP contribution is -2.27. The van der Waals surface area contributed by atoms with Crippen molar-refractivity contribution in [3.8, 4) is 11.5 Å². The molecule has 1 aromatic heterocycles. The van der Waals surface area contributed by atoms with Gasteiger partial charge in [0.15, 0.2) is 0 Å². The van der Waals surface area contributed by atoms with E-state index in [1.165, 1.54) is 31.2 Å². The molecular formula is C28H24F2N2O2. The fraction of sp³-hybridized carbons (Fsp3) is 0.143. The van der Waals surface area contributed by atoms with Gasteiger partial charge in [-0.15, -0.1) is 0 Å². The molecule has 34 heavy (non-hydrogen) atoms. The van der Waals surface area contributed by atoms with Gasteiger partial charge in [-0.2, -0.15) is 8.78 Å². The van der Waals surface area contributed by atoms with Crippen LogP contribution < -0.4 is 10.1 Å². The maximum absolute atomic E-state index is 14.1. The van der Waals surface area contributed by atoms with Crippen molar-refractivity contribution < 1.29 is 18.3 Å². The van der Waals surface area contributed by atoms with Crippen LogP contribution in [-0.2, 0) is 5.92 Å². The van der Waals surface area contributed by atoms with E-state index in [1.54, 1.807) is 24.4 Å². The molecule has 4 rings (SSSR count). The number of aromatic nitrogens is 1. The number of alkyl halides is 2. The lowest BCUT2D eigenvalue weighted by Gasteiger charge is -2.17. The third-order valence-corrected chi connectivity index (χ3v) is 5.56. The highest BCUT2D eigenvalue weighted by atomic mass is 19.3. The summed E-state index contributed by atoms with van der Waals surface area (Å²) in [4.78, 5) is 17.0. The SMILES string of the molecule is C=C(C)C(F)(F)c1ccc(Oc2cccc3cc(C(=O)N[C@H](C)c4ccccn4)ccc23)cc1. The number of halogens is 2. The molecule has 0 fully saturated rings. The summed E-state index contributed by atoms with van der Waals surface area (Å²) in [7, 11) is 0. The second-order valence-corrected chi connectivity index (χ2v) is 8.12. The molecular weight excluding hydrogens is 434 g/mol. The Morgan fingerprint density at radius 3 is 2.47 bits per heavy atom. The number of nitrogens with zero attached hydrogens (tertiary/aromatic N) is 1. The second-order valence-electron chi connectivity index (χ2n) is 8.12. The lowest BCUT2D eigenvalue weighted by atomic mass is 10.0. The molecule has 0 saturated carbocycles. The monoisotopic (exact) mass is 458 g/mol. The number of carbonyl (C=O) groups excluding carboxylic acids is 1. The second kappa shape index (κ2) is 9.43. The minimum Gasteiger partial charge on any atom is -0.457 e. The molecule has 6 heteroatoms. The van der Waals surface area contributed by atoms with Crippen LogP contribution in [0.1, 0.15) is 41.5 Å². The van der Waals surface area contributed by atoms with Gasteiger partial charge in [0.25, 0.3) is 11.8 Å². The summed E-state index contributed by atoms with van der Waals surface area (Å²) in [6, 6.07) is 21.8. The molecule has 3 aromatic carbocycles. The Balaban J connectivity index is 1.53. The number of carbonyl (C=O) groups is 1. The Morgan fingerprint density at radius 1 is 1.03 bits per heavy atom. The topological polar surface area (TPSA) is 51.2 Å². The lowest BCUT2D eigenvalue weighted by molar-refractivity contribution is 0.0385. The van der Waals surface area contributed by atoms with E-state index in [4.69, 9.17) is 4.74 Å². The highest BCUT2D eigenvalue weighted by Crippen LogP contribution is 2.36. The molecule has 0 unspecified atom stereocenters. The summed E-state index contributed by atoms with van der Waals surface area (Å²) in [5.41, 5.74) is 0.934. The summed E-state index contributed by atoms with van der Waals surface area (Å²) in [6.45, 7) is 6.54. The van der Waals surface area contributed by atoms with E-state index in [0.29, 0.717) is 17.1 Å². The minimum absolute atomic E-state index is 0.138. The van der Waals surface area contributed by atoms with E-state index in [2.05, 4.69) is 16.9 Å². The number of nitrogens with one attached hydrogen (secondary N) is 1. The molecule has 172 valence electrons. The van der Waals surface area contributed by atoms with Crippen molar-refractivity contribution >= 4 is 16.7 Å². The average molecular weight is 459 g/mol. The van der Waals surface area contributed by atoms with Crippen LogP contribution in [0.2, 0.25) is 0 Å². The van der Waals surface area contributed by atoms with E-state index < -0.39 is 5.92 Å². The van der Waals surface area contributed by atoms with Gasteiger partial charge >= 0.3 is 0 Å². The molecule has 0 aliphatic heterocycles. The first kappa shape index (κ1) is 23.1. The Kier molecular flexibility index (Phi) is 6.41. The maximum atomic E-state index is 14.1. The average Bonchev–Trinajstić information content (AvgIpc) is 2.84. The summed E-state index contributed by atoms with van der Waals surface area (Å²) in [5.74, 6) is -2.31. The van der Waals surface area contributed by atoms with Crippen LogP contribution in [0.3, 0.4) is 0 Å². The van der Waals surface area contributed by atoms with Gasteiger partial charge in [-0.25, -0.2) is 0 Å². The molecule has 4 nitrogen and oxygen atoms in total. The smallest absolute Gasteiger partial charge is 0.294 e. The van der Waals surface area contributed by atoms with Gasteiger partial charge in [0.2, 0.25) is 0 Å². The van der Waals surface area contributed by atoms with Crippen LogP contribution in [0.15, 0.2) is 97.2 Å². The number of allylic oxidation sites excluding steroid dienone is 1. The molecule has 0 bridgehead atoms. The third kappa shape index (κ3) is 4.81. The van der Waals surface area contributed by atoms with Gasteiger partial charge in [-0.3, -0.25) is 9.78 Å². The third-order valence-electron chi connectivity index (χ3n) is 5.56. The van der Waals surface area contributed by atoms with Gasteiger partial charge in [0.1, 0.15) is 11.5 Å². The summed E-state index contributed by atoms with van der Waals surface area (Å²) >= 11 is 0. The molecule has 0 aliphatic carbocycles. The first-order valence-corrected chi connectivity index (χ1v) is 10.8. The maximum Gasteiger partial charge on any atom is 0.294 e. The van der Waals surface area contributed by atoms with Crippen molar-refractivity contribution in [3.05, 3.63) is 114 Å². The highest BCUT2D eigenvalue weighted by Gasteiger charge is 2.32. The molecule has 1 N–H and O–H groups in total.